The Balaban J connectivity index is 1.44. The Morgan fingerprint density at radius 2 is 1.59 bits per heavy atom. The summed E-state index contributed by atoms with van der Waals surface area (Å²) < 4.78 is 3.28. The maximum atomic E-state index is 13.5. The summed E-state index contributed by atoms with van der Waals surface area (Å²) in [5.74, 6) is -0.0619. The Bertz CT molecular complexity index is 1500. The van der Waals surface area contributed by atoms with Crippen molar-refractivity contribution in [3.8, 4) is 0 Å². The number of nitrogens with one attached hydrogen (secondary N) is 1. The molecule has 0 radical (unpaired) electrons. The van der Waals surface area contributed by atoms with E-state index in [9.17, 15) is 9.59 Å². The van der Waals surface area contributed by atoms with Gasteiger partial charge in [-0.1, -0.05) is 85.8 Å². The average molecular weight is 451 g/mol. The fourth-order valence-corrected chi connectivity index (χ4v) is 4.39. The molecule has 1 atom stereocenters. The molecular formula is C28H26N4O2. The highest BCUT2D eigenvalue weighted by atomic mass is 16.2. The molecule has 5 rings (SSSR count). The van der Waals surface area contributed by atoms with E-state index in [2.05, 4.69) is 17.3 Å². The number of carbonyl (C=O) groups excluding carboxylic acids is 1. The number of rotatable bonds is 7. The van der Waals surface area contributed by atoms with Crippen LogP contribution in [0, 0.1) is 0 Å². The summed E-state index contributed by atoms with van der Waals surface area (Å²) in [6.07, 6.45) is 1.69. The Morgan fingerprint density at radius 3 is 2.35 bits per heavy atom. The average Bonchev–Trinajstić information content (AvgIpc) is 3.19. The fraction of sp³-hybridized carbons (Fsp3) is 0.179. The maximum absolute atomic E-state index is 13.5. The van der Waals surface area contributed by atoms with Gasteiger partial charge in [0.2, 0.25) is 5.91 Å². The molecule has 0 bridgehead atoms. The smallest absolute Gasteiger partial charge is 0.291 e. The van der Waals surface area contributed by atoms with Crippen LogP contribution in [0.25, 0.3) is 21.8 Å². The maximum Gasteiger partial charge on any atom is 0.291 e. The zero-order chi connectivity index (χ0) is 23.5. The Labute approximate surface area is 197 Å². The lowest BCUT2D eigenvalue weighted by Crippen LogP contribution is -2.35. The van der Waals surface area contributed by atoms with E-state index < -0.39 is 0 Å². The van der Waals surface area contributed by atoms with Crippen molar-refractivity contribution in [1.82, 2.24) is 19.7 Å². The van der Waals surface area contributed by atoms with E-state index in [0.29, 0.717) is 18.6 Å². The van der Waals surface area contributed by atoms with Gasteiger partial charge in [-0.05, 0) is 23.1 Å². The first-order valence-corrected chi connectivity index (χ1v) is 11.4. The van der Waals surface area contributed by atoms with E-state index in [1.54, 1.807) is 6.20 Å². The van der Waals surface area contributed by atoms with Gasteiger partial charge in [-0.25, -0.2) is 4.68 Å². The standard InChI is InChI=1S/C28H26N4O2/c1-20(22-12-6-3-7-13-22)16-29-26(33)19-32-28(34)27-24(17-30-32)23-14-8-9-15-25(23)31(27)18-21-10-4-2-5-11-21/h2-15,17,20H,16,18-19H2,1H3,(H,29,33)/t20-/m1/s1. The minimum Gasteiger partial charge on any atom is -0.354 e. The molecule has 1 amide bonds. The molecule has 6 nitrogen and oxygen atoms in total. The van der Waals surface area contributed by atoms with Gasteiger partial charge in [0.15, 0.2) is 0 Å². The first-order valence-electron chi connectivity index (χ1n) is 11.4. The third-order valence-corrected chi connectivity index (χ3v) is 6.22. The Morgan fingerprint density at radius 1 is 0.912 bits per heavy atom. The Hall–Kier alpha value is -4.19. The third kappa shape index (κ3) is 4.22. The van der Waals surface area contributed by atoms with Gasteiger partial charge in [-0.2, -0.15) is 5.10 Å². The molecule has 3 aromatic carbocycles. The first kappa shape index (κ1) is 21.6. The van der Waals surface area contributed by atoms with Crippen molar-refractivity contribution in [3.05, 3.63) is 113 Å². The number of nitrogens with zero attached hydrogens (tertiary/aromatic N) is 3. The van der Waals surface area contributed by atoms with Gasteiger partial charge in [0.25, 0.3) is 5.56 Å². The third-order valence-electron chi connectivity index (χ3n) is 6.22. The highest BCUT2D eigenvalue weighted by Crippen LogP contribution is 2.27. The predicted octanol–water partition coefficient (Wildman–Crippen LogP) is 4.32. The van der Waals surface area contributed by atoms with Gasteiger partial charge < -0.3 is 9.88 Å². The second kappa shape index (κ2) is 9.35. The van der Waals surface area contributed by atoms with Crippen LogP contribution in [-0.2, 0) is 17.9 Å². The highest BCUT2D eigenvalue weighted by Gasteiger charge is 2.17. The largest absolute Gasteiger partial charge is 0.354 e. The number of carbonyl (C=O) groups is 1. The summed E-state index contributed by atoms with van der Waals surface area (Å²) in [5.41, 5.74) is 3.52. The number of aromatic nitrogens is 3. The highest BCUT2D eigenvalue weighted by molar-refractivity contribution is 6.07. The van der Waals surface area contributed by atoms with E-state index in [4.69, 9.17) is 0 Å². The van der Waals surface area contributed by atoms with Crippen molar-refractivity contribution < 1.29 is 4.79 Å². The van der Waals surface area contributed by atoms with E-state index in [1.807, 2.05) is 89.5 Å². The number of benzene rings is 3. The van der Waals surface area contributed by atoms with Crippen molar-refractivity contribution in [2.75, 3.05) is 6.54 Å². The van der Waals surface area contributed by atoms with E-state index in [1.165, 1.54) is 4.68 Å². The zero-order valence-corrected chi connectivity index (χ0v) is 19.0. The van der Waals surface area contributed by atoms with Crippen LogP contribution < -0.4 is 10.9 Å². The second-order valence-corrected chi connectivity index (χ2v) is 8.57. The molecule has 1 N–H and O–H groups in total. The monoisotopic (exact) mass is 450 g/mol. The van der Waals surface area contributed by atoms with Crippen LogP contribution in [-0.4, -0.2) is 26.8 Å². The SMILES string of the molecule is C[C@H](CNC(=O)Cn1ncc2c3ccccc3n(Cc3ccccc3)c2c1=O)c1ccccc1. The number of fused-ring (bicyclic) bond motifs is 3. The van der Waals surface area contributed by atoms with Gasteiger partial charge in [-0.3, -0.25) is 9.59 Å². The molecule has 0 saturated carbocycles. The molecule has 6 heteroatoms. The molecule has 0 aliphatic rings. The predicted molar refractivity (Wildman–Crippen MR) is 135 cm³/mol. The van der Waals surface area contributed by atoms with Crippen LogP contribution in [0.2, 0.25) is 0 Å². The minimum absolute atomic E-state index is 0.122. The summed E-state index contributed by atoms with van der Waals surface area (Å²) in [6, 6.07) is 28.0. The van der Waals surface area contributed by atoms with Crippen LogP contribution in [0.4, 0.5) is 0 Å². The summed E-state index contributed by atoms with van der Waals surface area (Å²) in [6.45, 7) is 3.00. The van der Waals surface area contributed by atoms with Crippen LogP contribution in [0.3, 0.4) is 0 Å². The van der Waals surface area contributed by atoms with Crippen LogP contribution in [0.5, 0.6) is 0 Å². The molecule has 0 fully saturated rings. The van der Waals surface area contributed by atoms with Gasteiger partial charge in [0, 0.05) is 29.4 Å². The summed E-state index contributed by atoms with van der Waals surface area (Å²) in [4.78, 5) is 26.2. The molecule has 2 aromatic heterocycles. The lowest BCUT2D eigenvalue weighted by molar-refractivity contribution is -0.121. The van der Waals surface area contributed by atoms with Crippen LogP contribution in [0.1, 0.15) is 24.0 Å². The van der Waals surface area contributed by atoms with Crippen LogP contribution in [0.15, 0.2) is 95.9 Å². The fourth-order valence-electron chi connectivity index (χ4n) is 4.39. The van der Waals surface area contributed by atoms with E-state index >= 15 is 0 Å². The molecule has 0 unspecified atom stereocenters. The minimum atomic E-state index is -0.268. The zero-order valence-electron chi connectivity index (χ0n) is 19.0. The molecular weight excluding hydrogens is 424 g/mol. The topological polar surface area (TPSA) is 68.9 Å². The van der Waals surface area contributed by atoms with E-state index in [-0.39, 0.29) is 23.9 Å². The molecule has 0 aliphatic carbocycles. The summed E-state index contributed by atoms with van der Waals surface area (Å²) in [5, 5.41) is 9.05. The Kier molecular flexibility index (Phi) is 5.95. The molecule has 0 aliphatic heterocycles. The molecule has 170 valence electrons. The molecule has 5 aromatic rings. The summed E-state index contributed by atoms with van der Waals surface area (Å²) in [7, 11) is 0. The van der Waals surface area contributed by atoms with Gasteiger partial charge in [0.05, 0.1) is 6.20 Å². The normalized spacial score (nSPS) is 12.1. The summed E-state index contributed by atoms with van der Waals surface area (Å²) >= 11 is 0. The van der Waals surface area contributed by atoms with Crippen molar-refractivity contribution in [2.24, 2.45) is 0 Å². The van der Waals surface area contributed by atoms with Crippen molar-refractivity contribution >= 4 is 27.7 Å². The lowest BCUT2D eigenvalue weighted by atomic mass is 10.0. The second-order valence-electron chi connectivity index (χ2n) is 8.57. The van der Waals surface area contributed by atoms with Crippen molar-refractivity contribution in [3.63, 3.8) is 0 Å². The number of amides is 1. The van der Waals surface area contributed by atoms with Crippen LogP contribution >= 0.6 is 0 Å². The van der Waals surface area contributed by atoms with E-state index in [0.717, 1.165) is 27.4 Å². The molecule has 34 heavy (non-hydrogen) atoms. The van der Waals surface area contributed by atoms with Crippen molar-refractivity contribution in [2.45, 2.75) is 25.9 Å². The number of para-hydroxylation sites is 1. The van der Waals surface area contributed by atoms with Gasteiger partial charge in [0.1, 0.15) is 12.1 Å². The lowest BCUT2D eigenvalue weighted by Gasteiger charge is -2.13. The first-order chi connectivity index (χ1) is 16.6. The quantitative estimate of drug-likeness (QED) is 0.402. The molecule has 0 spiro atoms. The van der Waals surface area contributed by atoms with Gasteiger partial charge >= 0.3 is 0 Å². The number of hydrogen-bond donors (Lipinski definition) is 1. The van der Waals surface area contributed by atoms with Crippen molar-refractivity contribution in [1.29, 1.82) is 0 Å². The number of hydrogen-bond acceptors (Lipinski definition) is 3. The molecule has 0 saturated heterocycles. The van der Waals surface area contributed by atoms with Gasteiger partial charge in [-0.15, -0.1) is 0 Å². The molecule has 2 heterocycles.